The summed E-state index contributed by atoms with van der Waals surface area (Å²) in [6.07, 6.45) is 6.90. The molecule has 0 aromatic rings. The standard InChI is InChI=1S/C36H42O8S2/c1-19-13-23-29(21(3)35(7-8-35)33(5,41)31(23)39)25(19)15-45-17-27(37)43-11-12-44-28(38)18-46-16-26-20(2)14-24-30(26)22(4)36(9-10-36)34(6,42)32(24)40/h13-14,41-42H,7-12,15-18H2,1-6H3/t33-,34-/m0/s1. The van der Waals surface area contributed by atoms with Gasteiger partial charge in [0.1, 0.15) is 24.4 Å². The number of hydrogen-bond donors (Lipinski definition) is 2. The van der Waals surface area contributed by atoms with Gasteiger partial charge in [0, 0.05) is 33.5 Å². The number of esters is 2. The predicted octanol–water partition coefficient (Wildman–Crippen LogP) is 4.91. The van der Waals surface area contributed by atoms with Crippen LogP contribution in [0.4, 0.5) is 0 Å². The zero-order valence-electron chi connectivity index (χ0n) is 27.4. The van der Waals surface area contributed by atoms with Gasteiger partial charge in [-0.3, -0.25) is 19.2 Å². The summed E-state index contributed by atoms with van der Waals surface area (Å²) in [5, 5.41) is 22.1. The van der Waals surface area contributed by atoms with E-state index in [-0.39, 0.29) is 36.3 Å². The lowest BCUT2D eigenvalue weighted by molar-refractivity contribution is -0.148. The molecule has 0 radical (unpaired) electrons. The van der Waals surface area contributed by atoms with Crippen LogP contribution in [0.2, 0.25) is 0 Å². The van der Waals surface area contributed by atoms with Crippen LogP contribution in [0, 0.1) is 10.8 Å². The van der Waals surface area contributed by atoms with Gasteiger partial charge in [0.2, 0.25) is 0 Å². The lowest BCUT2D eigenvalue weighted by Crippen LogP contribution is -2.49. The lowest BCUT2D eigenvalue weighted by atomic mass is 9.67. The number of hydrogen-bond acceptors (Lipinski definition) is 10. The maximum absolute atomic E-state index is 13.1. The highest BCUT2D eigenvalue weighted by atomic mass is 32.2. The van der Waals surface area contributed by atoms with Crippen molar-refractivity contribution in [1.29, 1.82) is 0 Å². The zero-order chi connectivity index (χ0) is 33.4. The monoisotopic (exact) mass is 666 g/mol. The minimum absolute atomic E-state index is 0.0344. The Labute approximate surface area is 278 Å². The highest BCUT2D eigenvalue weighted by Crippen LogP contribution is 2.66. The Morgan fingerprint density at radius 2 is 1.04 bits per heavy atom. The van der Waals surface area contributed by atoms with Crippen LogP contribution >= 0.6 is 23.5 Å². The third-order valence-corrected chi connectivity index (χ3v) is 13.1. The van der Waals surface area contributed by atoms with Crippen molar-refractivity contribution in [1.82, 2.24) is 0 Å². The van der Waals surface area contributed by atoms with Crippen LogP contribution in [0.5, 0.6) is 0 Å². The molecule has 0 aliphatic heterocycles. The van der Waals surface area contributed by atoms with Gasteiger partial charge in [-0.25, -0.2) is 0 Å². The van der Waals surface area contributed by atoms with Gasteiger partial charge in [0.05, 0.1) is 11.5 Å². The highest BCUT2D eigenvalue weighted by molar-refractivity contribution is 8.00. The Morgan fingerprint density at radius 3 is 1.37 bits per heavy atom. The van der Waals surface area contributed by atoms with E-state index in [4.69, 9.17) is 9.47 Å². The van der Waals surface area contributed by atoms with Gasteiger partial charge in [-0.05, 0) is 113 Å². The predicted molar refractivity (Wildman–Crippen MR) is 178 cm³/mol. The van der Waals surface area contributed by atoms with Crippen LogP contribution in [0.1, 0.15) is 67.2 Å². The molecule has 0 aromatic carbocycles. The van der Waals surface area contributed by atoms with E-state index in [1.54, 1.807) is 13.8 Å². The molecule has 0 amide bonds. The van der Waals surface area contributed by atoms with Crippen molar-refractivity contribution in [2.75, 3.05) is 36.2 Å². The summed E-state index contributed by atoms with van der Waals surface area (Å²) in [6, 6.07) is 0. The first-order chi connectivity index (χ1) is 21.6. The van der Waals surface area contributed by atoms with Gasteiger partial charge in [0.15, 0.2) is 11.6 Å². The number of fused-ring (bicyclic) bond motifs is 2. The third-order valence-electron chi connectivity index (χ3n) is 11.3. The molecule has 2 N–H and O–H groups in total. The number of thioether (sulfide) groups is 2. The number of ketones is 2. The molecule has 0 heterocycles. The Balaban J connectivity index is 0.914. The molecule has 10 heteroatoms. The molecule has 2 spiro atoms. The van der Waals surface area contributed by atoms with Crippen molar-refractivity contribution in [3.05, 3.63) is 67.9 Å². The Kier molecular flexibility index (Phi) is 8.31. The first kappa shape index (κ1) is 33.2. The molecule has 0 bridgehead atoms. The van der Waals surface area contributed by atoms with Gasteiger partial charge < -0.3 is 19.7 Å². The minimum atomic E-state index is -1.38. The van der Waals surface area contributed by atoms with Crippen molar-refractivity contribution in [3.63, 3.8) is 0 Å². The molecule has 2 atom stereocenters. The second-order valence-corrected chi connectivity index (χ2v) is 15.8. The van der Waals surface area contributed by atoms with Crippen molar-refractivity contribution in [3.8, 4) is 0 Å². The van der Waals surface area contributed by atoms with Crippen LogP contribution in [-0.4, -0.2) is 81.1 Å². The van der Waals surface area contributed by atoms with Crippen LogP contribution in [0.25, 0.3) is 0 Å². The van der Waals surface area contributed by atoms with Gasteiger partial charge >= 0.3 is 11.9 Å². The van der Waals surface area contributed by atoms with Crippen LogP contribution in [0.3, 0.4) is 0 Å². The van der Waals surface area contributed by atoms with Gasteiger partial charge in [0.25, 0.3) is 0 Å². The number of Topliss-reactive ketones (excluding diaryl/α,β-unsaturated/α-hetero) is 2. The van der Waals surface area contributed by atoms with E-state index in [0.29, 0.717) is 22.7 Å². The largest absolute Gasteiger partial charge is 0.461 e. The van der Waals surface area contributed by atoms with Crippen LogP contribution < -0.4 is 0 Å². The lowest BCUT2D eigenvalue weighted by Gasteiger charge is -2.39. The summed E-state index contributed by atoms with van der Waals surface area (Å²) in [4.78, 5) is 51.0. The van der Waals surface area contributed by atoms with E-state index < -0.39 is 34.0 Å². The fraction of sp³-hybridized carbons (Fsp3) is 0.556. The average molecular weight is 667 g/mol. The van der Waals surface area contributed by atoms with E-state index in [1.807, 2.05) is 39.8 Å². The maximum atomic E-state index is 13.1. The van der Waals surface area contributed by atoms with Crippen molar-refractivity contribution in [2.45, 2.75) is 78.4 Å². The summed E-state index contributed by atoms with van der Waals surface area (Å²) >= 11 is 2.82. The van der Waals surface area contributed by atoms with Crippen molar-refractivity contribution < 1.29 is 38.9 Å². The van der Waals surface area contributed by atoms with E-state index in [0.717, 1.165) is 70.3 Å². The quantitative estimate of drug-likeness (QED) is 0.232. The SMILES string of the molecule is CC1=C(CSCC(=O)OCCOC(=O)CSCC2=C(C)C=C3C(=O)[C@](C)(O)C4(CC4)C(C)=C32)C2=C(C)C3(CC3)[C@@](C)(O)C(=O)C2=C1. The van der Waals surface area contributed by atoms with Gasteiger partial charge in [-0.15, -0.1) is 23.5 Å². The fourth-order valence-corrected chi connectivity index (χ4v) is 9.92. The highest BCUT2D eigenvalue weighted by Gasteiger charge is 2.66. The molecule has 6 aliphatic rings. The first-order valence-electron chi connectivity index (χ1n) is 15.9. The third kappa shape index (κ3) is 4.97. The smallest absolute Gasteiger partial charge is 0.316 e. The topological polar surface area (TPSA) is 127 Å². The molecular weight excluding hydrogens is 625 g/mol. The van der Waals surface area contributed by atoms with Crippen molar-refractivity contribution >= 4 is 47.0 Å². The molecule has 0 aromatic heterocycles. The molecule has 6 aliphatic carbocycles. The molecular formula is C36H42O8S2. The average Bonchev–Trinajstić information content (AvgIpc) is 3.92. The molecule has 8 nitrogen and oxygen atoms in total. The van der Waals surface area contributed by atoms with E-state index in [9.17, 15) is 29.4 Å². The summed E-state index contributed by atoms with van der Waals surface area (Å²) in [5.74, 6) is 0.0875. The van der Waals surface area contributed by atoms with E-state index in [1.165, 1.54) is 23.5 Å². The zero-order valence-corrected chi connectivity index (χ0v) is 29.0. The van der Waals surface area contributed by atoms with E-state index >= 15 is 0 Å². The Hall–Kier alpha value is -2.66. The van der Waals surface area contributed by atoms with Crippen molar-refractivity contribution in [2.24, 2.45) is 10.8 Å². The first-order valence-corrected chi connectivity index (χ1v) is 18.2. The number of allylic oxidation sites excluding steroid dienone is 6. The maximum Gasteiger partial charge on any atom is 0.316 e. The number of carbonyl (C=O) groups excluding carboxylic acids is 4. The number of aliphatic hydroxyl groups is 2. The molecule has 0 unspecified atom stereocenters. The van der Waals surface area contributed by atoms with Gasteiger partial charge in [-0.1, -0.05) is 11.1 Å². The molecule has 2 saturated carbocycles. The van der Waals surface area contributed by atoms with Crippen LogP contribution in [0.15, 0.2) is 67.9 Å². The summed E-state index contributed by atoms with van der Waals surface area (Å²) in [6.45, 7) is 11.1. The second-order valence-electron chi connectivity index (χ2n) is 13.8. The van der Waals surface area contributed by atoms with Crippen LogP contribution in [-0.2, 0) is 28.7 Å². The second kappa shape index (κ2) is 11.5. The minimum Gasteiger partial charge on any atom is -0.461 e. The normalized spacial score (nSPS) is 28.6. The molecule has 2 fully saturated rings. The molecule has 6 rings (SSSR count). The molecule has 246 valence electrons. The summed E-state index contributed by atoms with van der Waals surface area (Å²) < 4.78 is 10.6. The number of rotatable bonds is 11. The summed E-state index contributed by atoms with van der Waals surface area (Å²) in [7, 11) is 0. The van der Waals surface area contributed by atoms with E-state index in [2.05, 4.69) is 0 Å². The fourth-order valence-electron chi connectivity index (χ4n) is 8.07. The number of ether oxygens (including phenoxy) is 2. The number of carbonyl (C=O) groups is 4. The Bertz CT molecular complexity index is 1530. The molecule has 0 saturated heterocycles. The molecule has 46 heavy (non-hydrogen) atoms. The Morgan fingerprint density at radius 1 is 0.696 bits per heavy atom. The van der Waals surface area contributed by atoms with Gasteiger partial charge in [-0.2, -0.15) is 0 Å². The summed E-state index contributed by atoms with van der Waals surface area (Å²) in [5.41, 5.74) is 5.44.